The van der Waals surface area contributed by atoms with Crippen molar-refractivity contribution in [2.45, 2.75) is 29.7 Å². The molecule has 3 rings (SSSR count). The normalized spacial score (nSPS) is 27.8. The lowest BCUT2D eigenvalue weighted by Crippen LogP contribution is -2.33. The zero-order valence-electron chi connectivity index (χ0n) is 15.4. The molecular formula is C11H17IN6O9P2S2. The molecule has 2 aromatic heterocycles. The van der Waals surface area contributed by atoms with Crippen LogP contribution in [0, 0.1) is 0 Å². The number of aliphatic hydroxyl groups excluding tert-OH is 2. The largest absolute Gasteiger partial charge is 0.489 e. The highest BCUT2D eigenvalue weighted by molar-refractivity contribution is 14.1. The number of fused-ring (bicyclic) bond motifs is 1. The van der Waals surface area contributed by atoms with E-state index >= 15 is 0 Å². The molecule has 3 unspecified atom stereocenters. The first-order chi connectivity index (χ1) is 14.5. The van der Waals surface area contributed by atoms with Gasteiger partial charge < -0.3 is 34.7 Å². The van der Waals surface area contributed by atoms with Crippen molar-refractivity contribution in [1.82, 2.24) is 19.5 Å². The number of hydrazine groups is 1. The summed E-state index contributed by atoms with van der Waals surface area (Å²) in [5.41, 5.74) is 3.01. The molecule has 31 heavy (non-hydrogen) atoms. The second-order valence-corrected chi connectivity index (χ2v) is 12.2. The van der Waals surface area contributed by atoms with Crippen LogP contribution in [-0.4, -0.2) is 70.7 Å². The Bertz CT molecular complexity index is 1050. The van der Waals surface area contributed by atoms with Crippen LogP contribution >= 0.6 is 49.3 Å². The fourth-order valence-electron chi connectivity index (χ4n) is 2.71. The number of nitrogens with zero attached hydrogens (tertiary/aromatic N) is 4. The molecule has 6 atom stereocenters. The zero-order chi connectivity index (χ0) is 23.0. The number of hydrogen-bond donors (Lipinski definition) is 6. The van der Waals surface area contributed by atoms with Crippen molar-refractivity contribution in [2.24, 2.45) is 5.84 Å². The van der Waals surface area contributed by atoms with Gasteiger partial charge in [-0.2, -0.15) is 0 Å². The van der Waals surface area contributed by atoms with Crippen LogP contribution < -0.4 is 11.3 Å². The fraction of sp³-hybridized carbons (Fsp3) is 0.545. The molecule has 1 fully saturated rings. The topological polar surface area (TPSA) is 217 Å². The third-order valence-corrected chi connectivity index (χ3v) is 9.29. The second-order valence-electron chi connectivity index (χ2n) is 5.96. The number of nitrogen functional groups attached to an aromatic ring is 1. The molecular weight excluding hydrogens is 613 g/mol. The summed E-state index contributed by atoms with van der Waals surface area (Å²) in [5.74, 6) is 5.74. The maximum absolute atomic E-state index is 11.4. The van der Waals surface area contributed by atoms with E-state index in [2.05, 4.69) is 39.3 Å². The number of aliphatic hydroxyl groups is 2. The Kier molecular flexibility index (Phi) is 8.30. The number of halogens is 1. The Balaban J connectivity index is 1.80. The van der Waals surface area contributed by atoms with Gasteiger partial charge in [-0.25, -0.2) is 32.5 Å². The van der Waals surface area contributed by atoms with Crippen LogP contribution in [0.5, 0.6) is 0 Å². The van der Waals surface area contributed by atoms with Crippen LogP contribution in [0.3, 0.4) is 0 Å². The second kappa shape index (κ2) is 10.1. The molecule has 15 nitrogen and oxygen atoms in total. The van der Waals surface area contributed by atoms with Crippen LogP contribution in [0.25, 0.3) is 11.2 Å². The molecule has 0 aliphatic carbocycles. The number of thioether (sulfide) groups is 1. The van der Waals surface area contributed by atoms with Gasteiger partial charge in [0.1, 0.15) is 41.3 Å². The SMILES string of the molecule is CSc1nc(NN)c2ncn([C@@H]3O[C@H](COP(O)(=S)OP(=O)(O)OI)[C@@H](O)C3O)c2n1. The summed E-state index contributed by atoms with van der Waals surface area (Å²) < 4.78 is 32.0. The predicted molar refractivity (Wildman–Crippen MR) is 119 cm³/mol. The van der Waals surface area contributed by atoms with Gasteiger partial charge in [0.25, 0.3) is 0 Å². The molecule has 7 N–H and O–H groups in total. The summed E-state index contributed by atoms with van der Waals surface area (Å²) in [6.07, 6.45) is -2.13. The molecule has 1 aliphatic rings. The van der Waals surface area contributed by atoms with Crippen molar-refractivity contribution in [2.75, 3.05) is 18.3 Å². The summed E-state index contributed by atoms with van der Waals surface area (Å²) >= 11 is 7.00. The van der Waals surface area contributed by atoms with E-state index in [1.807, 2.05) is 0 Å². The molecule has 20 heteroatoms. The van der Waals surface area contributed by atoms with Crippen molar-refractivity contribution >= 4 is 78.1 Å². The zero-order valence-corrected chi connectivity index (χ0v) is 21.0. The number of phosphoric acid groups is 1. The van der Waals surface area contributed by atoms with Gasteiger partial charge in [0.2, 0.25) is 0 Å². The highest BCUT2D eigenvalue weighted by atomic mass is 127. The first-order valence-corrected chi connectivity index (χ1v) is 14.3. The molecule has 0 bridgehead atoms. The standard InChI is InChI=1S/C11H17IN6O9P2S2/c1-31-11-15-8(17-13)5-9(16-11)18(3-14-5)10-7(20)6(19)4(25-10)2-24-29(23,30)27-28(21,22)26-12/h3-4,6-7,10,19-20H,2,13H2,1H3,(H,21,22)(H,23,30)(H,15,16,17)/t4-,6-,7?,10-,29?/m1/s1. The van der Waals surface area contributed by atoms with Gasteiger partial charge in [0.15, 0.2) is 28.4 Å². The number of aromatic nitrogens is 4. The van der Waals surface area contributed by atoms with E-state index in [9.17, 15) is 24.6 Å². The Hall–Kier alpha value is -0.0500. The van der Waals surface area contributed by atoms with Crippen LogP contribution in [0.4, 0.5) is 5.82 Å². The molecule has 0 amide bonds. The Morgan fingerprint density at radius 1 is 1.42 bits per heavy atom. The fourth-order valence-corrected chi connectivity index (χ4v) is 6.32. The summed E-state index contributed by atoms with van der Waals surface area (Å²) in [6.45, 7) is -4.78. The number of nitrogens with one attached hydrogen (secondary N) is 1. The van der Waals surface area contributed by atoms with Crippen LogP contribution in [0.1, 0.15) is 6.23 Å². The van der Waals surface area contributed by atoms with Crippen LogP contribution in [0.2, 0.25) is 0 Å². The first-order valence-electron chi connectivity index (χ1n) is 8.10. The summed E-state index contributed by atoms with van der Waals surface area (Å²) in [7, 11) is -4.62. The van der Waals surface area contributed by atoms with Crippen molar-refractivity contribution < 1.29 is 41.0 Å². The third-order valence-electron chi connectivity index (χ3n) is 4.03. The Morgan fingerprint density at radius 2 is 2.13 bits per heavy atom. The molecule has 1 saturated heterocycles. The number of imidazole rings is 1. The van der Waals surface area contributed by atoms with Crippen LogP contribution in [0.15, 0.2) is 11.5 Å². The van der Waals surface area contributed by atoms with Crippen molar-refractivity contribution in [3.8, 4) is 0 Å². The van der Waals surface area contributed by atoms with Gasteiger partial charge in [-0.3, -0.25) is 4.57 Å². The number of nitrogens with two attached hydrogens (primary N) is 1. The van der Waals surface area contributed by atoms with E-state index < -0.39 is 45.7 Å². The van der Waals surface area contributed by atoms with E-state index in [1.54, 1.807) is 6.26 Å². The molecule has 0 spiro atoms. The maximum Gasteiger partial charge on any atom is 0.489 e. The summed E-state index contributed by atoms with van der Waals surface area (Å²) in [4.78, 5) is 31.9. The monoisotopic (exact) mass is 630 g/mol. The van der Waals surface area contributed by atoms with E-state index in [4.69, 9.17) is 15.1 Å². The average Bonchev–Trinajstić information content (AvgIpc) is 3.26. The first kappa shape index (κ1) is 25.6. The van der Waals surface area contributed by atoms with Crippen molar-refractivity contribution in [3.05, 3.63) is 6.33 Å². The smallest absolute Gasteiger partial charge is 0.387 e. The number of rotatable bonds is 9. The molecule has 0 radical (unpaired) electrons. The van der Waals surface area contributed by atoms with Gasteiger partial charge in [-0.1, -0.05) is 11.8 Å². The minimum Gasteiger partial charge on any atom is -0.387 e. The number of hydrogen-bond acceptors (Lipinski definition) is 14. The van der Waals surface area contributed by atoms with E-state index in [0.717, 1.165) is 23.0 Å². The highest BCUT2D eigenvalue weighted by Gasteiger charge is 2.45. The molecule has 1 aliphatic heterocycles. The number of ether oxygens (including phenoxy) is 1. The lowest BCUT2D eigenvalue weighted by molar-refractivity contribution is -0.0486. The van der Waals surface area contributed by atoms with Gasteiger partial charge in [0, 0.05) is 0 Å². The molecule has 0 saturated carbocycles. The summed E-state index contributed by atoms with van der Waals surface area (Å²) in [5, 5.41) is 21.2. The van der Waals surface area contributed by atoms with E-state index in [1.165, 1.54) is 22.7 Å². The number of anilines is 1. The van der Waals surface area contributed by atoms with Crippen molar-refractivity contribution in [3.63, 3.8) is 0 Å². The van der Waals surface area contributed by atoms with E-state index in [0.29, 0.717) is 10.7 Å². The predicted octanol–water partition coefficient (Wildman–Crippen LogP) is 0.170. The summed E-state index contributed by atoms with van der Waals surface area (Å²) in [6, 6.07) is 0. The van der Waals surface area contributed by atoms with Gasteiger partial charge in [0.05, 0.1) is 12.9 Å². The van der Waals surface area contributed by atoms with Gasteiger partial charge >= 0.3 is 14.5 Å². The average molecular weight is 630 g/mol. The molecule has 0 aromatic carbocycles. The van der Waals surface area contributed by atoms with Crippen molar-refractivity contribution in [1.29, 1.82) is 0 Å². The minimum absolute atomic E-state index is 0.255. The Labute approximate surface area is 198 Å². The molecule has 2 aromatic rings. The lowest BCUT2D eigenvalue weighted by atomic mass is 10.1. The highest BCUT2D eigenvalue weighted by Crippen LogP contribution is 2.61. The molecule has 174 valence electrons. The maximum atomic E-state index is 11.4. The lowest BCUT2D eigenvalue weighted by Gasteiger charge is -2.20. The quantitative estimate of drug-likeness (QED) is 0.0544. The van der Waals surface area contributed by atoms with Gasteiger partial charge in [-0.15, -0.1) is 0 Å². The molecule has 3 heterocycles. The van der Waals surface area contributed by atoms with Gasteiger partial charge in [-0.05, 0) is 18.1 Å². The third kappa shape index (κ3) is 5.72. The Morgan fingerprint density at radius 3 is 2.74 bits per heavy atom. The van der Waals surface area contributed by atoms with E-state index in [-0.39, 0.29) is 11.5 Å². The minimum atomic E-state index is -4.62. The van der Waals surface area contributed by atoms with Crippen LogP contribution in [-0.2, 0) is 32.8 Å².